The highest BCUT2D eigenvalue weighted by Gasteiger charge is 2.11. The minimum absolute atomic E-state index is 0.416. The van der Waals surface area contributed by atoms with Gasteiger partial charge in [-0.15, -0.1) is 0 Å². The van der Waals surface area contributed by atoms with Crippen LogP contribution >= 0.6 is 0 Å². The largest absolute Gasteiger partial charge is 0.490 e. The molecule has 0 atom stereocenters. The molecule has 4 aromatic carbocycles. The number of hydrogen-bond donors (Lipinski definition) is 0. The monoisotopic (exact) mass is 400 g/mol. The van der Waals surface area contributed by atoms with Gasteiger partial charge in [-0.1, -0.05) is 66.7 Å². The van der Waals surface area contributed by atoms with Crippen molar-refractivity contribution in [2.24, 2.45) is 0 Å². The van der Waals surface area contributed by atoms with Crippen molar-refractivity contribution >= 4 is 10.8 Å². The molecule has 0 saturated heterocycles. The van der Waals surface area contributed by atoms with Crippen LogP contribution in [0.2, 0.25) is 0 Å². The second-order valence-corrected chi connectivity index (χ2v) is 6.63. The molecule has 0 unspecified atom stereocenters. The third kappa shape index (κ3) is 5.23. The molecule has 4 rings (SSSR count). The first-order chi connectivity index (χ1) is 14.9. The quantitative estimate of drug-likeness (QED) is 0.317. The molecule has 0 radical (unpaired) electrons. The van der Waals surface area contributed by atoms with E-state index in [0.29, 0.717) is 32.2 Å². The Labute approximate surface area is 176 Å². The third-order valence-corrected chi connectivity index (χ3v) is 4.54. The molecular weight excluding hydrogens is 376 g/mol. The number of ether oxygens (including phenoxy) is 4. The van der Waals surface area contributed by atoms with Crippen molar-refractivity contribution in [3.8, 4) is 23.0 Å². The van der Waals surface area contributed by atoms with Crippen LogP contribution in [-0.2, 0) is 0 Å². The summed E-state index contributed by atoms with van der Waals surface area (Å²) < 4.78 is 23.5. The molecule has 4 nitrogen and oxygen atoms in total. The summed E-state index contributed by atoms with van der Waals surface area (Å²) in [7, 11) is 0. The fourth-order valence-electron chi connectivity index (χ4n) is 3.13. The predicted molar refractivity (Wildman–Crippen MR) is 119 cm³/mol. The van der Waals surface area contributed by atoms with Crippen molar-refractivity contribution < 1.29 is 18.9 Å². The molecule has 0 spiro atoms. The molecular formula is C26H24O4. The van der Waals surface area contributed by atoms with Crippen LogP contribution < -0.4 is 18.9 Å². The van der Waals surface area contributed by atoms with Gasteiger partial charge >= 0.3 is 0 Å². The summed E-state index contributed by atoms with van der Waals surface area (Å²) in [6, 6.07) is 31.5. The van der Waals surface area contributed by atoms with E-state index >= 15 is 0 Å². The van der Waals surface area contributed by atoms with Gasteiger partial charge in [-0.05, 0) is 35.7 Å². The standard InChI is InChI=1S/C26H24O4/c1-3-10-22(11-4-1)27-17-19-29-25-16-15-21-9-7-8-14-24(21)26(25)30-20-18-28-23-12-5-2-6-13-23/h1-16H,17-20H2. The molecule has 30 heavy (non-hydrogen) atoms. The third-order valence-electron chi connectivity index (χ3n) is 4.54. The van der Waals surface area contributed by atoms with E-state index in [1.54, 1.807) is 0 Å². The maximum absolute atomic E-state index is 6.10. The van der Waals surface area contributed by atoms with Gasteiger partial charge in [-0.25, -0.2) is 0 Å². The van der Waals surface area contributed by atoms with Crippen molar-refractivity contribution in [3.63, 3.8) is 0 Å². The van der Waals surface area contributed by atoms with Crippen LogP contribution in [0.1, 0.15) is 0 Å². The van der Waals surface area contributed by atoms with Crippen molar-refractivity contribution in [1.29, 1.82) is 0 Å². The highest BCUT2D eigenvalue weighted by atomic mass is 16.6. The number of rotatable bonds is 10. The van der Waals surface area contributed by atoms with E-state index in [-0.39, 0.29) is 0 Å². The number of hydrogen-bond acceptors (Lipinski definition) is 4. The molecule has 0 aliphatic carbocycles. The molecule has 0 bridgehead atoms. The van der Waals surface area contributed by atoms with Gasteiger partial charge in [-0.3, -0.25) is 0 Å². The van der Waals surface area contributed by atoms with Gasteiger partial charge in [0.2, 0.25) is 0 Å². The van der Waals surface area contributed by atoms with E-state index in [0.717, 1.165) is 28.0 Å². The van der Waals surface area contributed by atoms with Crippen molar-refractivity contribution in [2.75, 3.05) is 26.4 Å². The molecule has 152 valence electrons. The fraction of sp³-hybridized carbons (Fsp3) is 0.154. The molecule has 0 amide bonds. The lowest BCUT2D eigenvalue weighted by Gasteiger charge is -2.16. The molecule has 0 aromatic heterocycles. The summed E-state index contributed by atoms with van der Waals surface area (Å²) in [5, 5.41) is 2.11. The average Bonchev–Trinajstić information content (AvgIpc) is 2.81. The summed E-state index contributed by atoms with van der Waals surface area (Å²) >= 11 is 0. The summed E-state index contributed by atoms with van der Waals surface area (Å²) in [5.41, 5.74) is 0. The number of benzene rings is 4. The molecule has 0 heterocycles. The van der Waals surface area contributed by atoms with E-state index in [2.05, 4.69) is 6.07 Å². The minimum Gasteiger partial charge on any atom is -0.490 e. The van der Waals surface area contributed by atoms with E-state index in [4.69, 9.17) is 18.9 Å². The van der Waals surface area contributed by atoms with Gasteiger partial charge in [0.25, 0.3) is 0 Å². The van der Waals surface area contributed by atoms with Crippen molar-refractivity contribution in [3.05, 3.63) is 97.1 Å². The molecule has 0 aliphatic rings. The normalized spacial score (nSPS) is 10.5. The van der Waals surface area contributed by atoms with Gasteiger partial charge in [0.05, 0.1) is 0 Å². The van der Waals surface area contributed by atoms with E-state index < -0.39 is 0 Å². The first-order valence-electron chi connectivity index (χ1n) is 10.0. The first kappa shape index (κ1) is 19.6. The molecule has 0 saturated carbocycles. The second-order valence-electron chi connectivity index (χ2n) is 6.63. The number of para-hydroxylation sites is 2. The van der Waals surface area contributed by atoms with Gasteiger partial charge in [-0.2, -0.15) is 0 Å². The molecule has 4 heteroatoms. The lowest BCUT2D eigenvalue weighted by Crippen LogP contribution is -2.12. The molecule has 0 N–H and O–H groups in total. The zero-order valence-electron chi connectivity index (χ0n) is 16.7. The summed E-state index contributed by atoms with van der Waals surface area (Å²) in [6.45, 7) is 1.74. The molecule has 0 fully saturated rings. The number of fused-ring (bicyclic) bond motifs is 1. The van der Waals surface area contributed by atoms with Gasteiger partial charge in [0.1, 0.15) is 37.9 Å². The SMILES string of the molecule is c1ccc(OCCOc2ccc3ccccc3c2OCCOc2ccccc2)cc1. The Morgan fingerprint density at radius 1 is 0.433 bits per heavy atom. The summed E-state index contributed by atoms with van der Waals surface area (Å²) in [6.07, 6.45) is 0. The zero-order chi connectivity index (χ0) is 20.4. The van der Waals surface area contributed by atoms with Crippen LogP contribution in [-0.4, -0.2) is 26.4 Å². The van der Waals surface area contributed by atoms with Crippen LogP contribution in [0.15, 0.2) is 97.1 Å². The van der Waals surface area contributed by atoms with E-state index in [9.17, 15) is 0 Å². The van der Waals surface area contributed by atoms with Crippen LogP contribution in [0.3, 0.4) is 0 Å². The summed E-state index contributed by atoms with van der Waals surface area (Å²) in [4.78, 5) is 0. The van der Waals surface area contributed by atoms with E-state index in [1.165, 1.54) is 0 Å². The van der Waals surface area contributed by atoms with Crippen molar-refractivity contribution in [2.45, 2.75) is 0 Å². The van der Waals surface area contributed by atoms with Gasteiger partial charge in [0, 0.05) is 5.39 Å². The van der Waals surface area contributed by atoms with Crippen LogP contribution in [0.5, 0.6) is 23.0 Å². The molecule has 0 aliphatic heterocycles. The van der Waals surface area contributed by atoms with Crippen molar-refractivity contribution in [1.82, 2.24) is 0 Å². The Hall–Kier alpha value is -3.66. The Bertz CT molecular complexity index is 1050. The van der Waals surface area contributed by atoms with Gasteiger partial charge in [0.15, 0.2) is 11.5 Å². The maximum atomic E-state index is 6.10. The zero-order valence-corrected chi connectivity index (χ0v) is 16.7. The highest BCUT2D eigenvalue weighted by Crippen LogP contribution is 2.35. The fourth-order valence-corrected chi connectivity index (χ4v) is 3.13. The predicted octanol–water partition coefficient (Wildman–Crippen LogP) is 5.76. The Balaban J connectivity index is 1.39. The van der Waals surface area contributed by atoms with Crippen LogP contribution in [0.25, 0.3) is 10.8 Å². The smallest absolute Gasteiger partial charge is 0.169 e. The second kappa shape index (κ2) is 10.2. The lowest BCUT2D eigenvalue weighted by molar-refractivity contribution is 0.193. The summed E-state index contributed by atoms with van der Waals surface area (Å²) in [5.74, 6) is 3.08. The topological polar surface area (TPSA) is 36.9 Å². The van der Waals surface area contributed by atoms with Gasteiger partial charge < -0.3 is 18.9 Å². The maximum Gasteiger partial charge on any atom is 0.169 e. The Morgan fingerprint density at radius 2 is 0.967 bits per heavy atom. The van der Waals surface area contributed by atoms with Crippen LogP contribution in [0.4, 0.5) is 0 Å². The minimum atomic E-state index is 0.416. The Morgan fingerprint density at radius 3 is 1.63 bits per heavy atom. The Kier molecular flexibility index (Phi) is 6.69. The molecule has 4 aromatic rings. The first-order valence-corrected chi connectivity index (χ1v) is 10.0. The highest BCUT2D eigenvalue weighted by molar-refractivity contribution is 5.90. The van der Waals surface area contributed by atoms with E-state index in [1.807, 2.05) is 91.0 Å². The lowest BCUT2D eigenvalue weighted by atomic mass is 10.1. The average molecular weight is 400 g/mol. The van der Waals surface area contributed by atoms with Crippen LogP contribution in [0, 0.1) is 0 Å².